The van der Waals surface area contributed by atoms with Crippen LogP contribution in [-0.2, 0) is 47.9 Å². The Hall–Kier alpha value is -5.34. The van der Waals surface area contributed by atoms with E-state index in [0.29, 0.717) is 12.5 Å². The first-order chi connectivity index (χ1) is 24.6. The first-order valence-electron chi connectivity index (χ1n) is 16.8. The summed E-state index contributed by atoms with van der Waals surface area (Å²) in [4.78, 5) is 128. The van der Waals surface area contributed by atoms with Crippen LogP contribution in [-0.4, -0.2) is 208 Å². The van der Waals surface area contributed by atoms with Crippen LogP contribution in [0, 0.1) is 5.92 Å². The largest absolute Gasteiger partial charge is 0.480 e. The summed E-state index contributed by atoms with van der Waals surface area (Å²) in [6.45, 7) is 4.75. The van der Waals surface area contributed by atoms with Crippen molar-refractivity contribution < 1.29 is 53.1 Å². The molecule has 0 aliphatic heterocycles. The number of carboxylic acid groups (broad SMARTS) is 1. The molecule has 0 aromatic carbocycles. The Balaban J connectivity index is 0. The number of carbonyl (C=O) groups excluding carboxylic acids is 9. The summed E-state index contributed by atoms with van der Waals surface area (Å²) >= 11 is 0. The highest BCUT2D eigenvalue weighted by atomic mass is 16.4. The first-order valence-corrected chi connectivity index (χ1v) is 16.8. The molecule has 5 N–H and O–H groups in total. The molecule has 0 saturated heterocycles. The Morgan fingerprint density at radius 3 is 0.981 bits per heavy atom. The van der Waals surface area contributed by atoms with Gasteiger partial charge in [0.05, 0.1) is 58.9 Å². The summed E-state index contributed by atoms with van der Waals surface area (Å²) in [6, 6.07) is 0. The number of nitrogens with one attached hydrogen (secondary N) is 4. The van der Waals surface area contributed by atoms with Gasteiger partial charge in [0.1, 0.15) is 6.54 Å². The summed E-state index contributed by atoms with van der Waals surface area (Å²) in [5, 5.41) is 18.4. The van der Waals surface area contributed by atoms with Crippen molar-refractivity contribution in [3.63, 3.8) is 0 Å². The second-order valence-corrected chi connectivity index (χ2v) is 12.2. The van der Waals surface area contributed by atoms with Gasteiger partial charge in [-0.05, 0) is 12.5 Å². The normalized spacial score (nSPS) is 10.1. The Morgan fingerprint density at radius 1 is 0.434 bits per heavy atom. The van der Waals surface area contributed by atoms with Crippen LogP contribution in [0.1, 0.15) is 27.7 Å². The van der Waals surface area contributed by atoms with Gasteiger partial charge in [-0.15, -0.1) is 0 Å². The lowest BCUT2D eigenvalue weighted by atomic mass is 10.2. The van der Waals surface area contributed by atoms with E-state index < -0.39 is 99.0 Å². The van der Waals surface area contributed by atoms with E-state index in [-0.39, 0.29) is 25.5 Å². The second kappa shape index (κ2) is 26.4. The molecule has 0 aliphatic carbocycles. The van der Waals surface area contributed by atoms with Crippen molar-refractivity contribution in [2.24, 2.45) is 5.92 Å². The number of rotatable bonds is 22. The number of carbonyl (C=O) groups is 10. The standard InChI is InChI=1S/C30H52N10O11.C2H6/c1-20(2)9-31-10-24(44)38(6)17-27(47)35(3)14-21(41)32-11-25(45)39(7)18-28(48)36(4)15-22(42)33-12-26(46)40(8)19-29(49)37(5)16-23(43)34-13-30(50)51;1-2/h20,31H,9-19H2,1-8H3,(H,32,41)(H,33,42)(H,34,43)(H,50,51);1-2H3. The van der Waals surface area contributed by atoms with Crippen molar-refractivity contribution in [1.29, 1.82) is 0 Å². The smallest absolute Gasteiger partial charge is 0.322 e. The molecule has 0 unspecified atom stereocenters. The molecule has 302 valence electrons. The minimum Gasteiger partial charge on any atom is -0.480 e. The topological polar surface area (TPSA) is 258 Å². The molecule has 0 aliphatic rings. The summed E-state index contributed by atoms with van der Waals surface area (Å²) in [6.07, 6.45) is 0. The van der Waals surface area contributed by atoms with Gasteiger partial charge >= 0.3 is 5.97 Å². The average Bonchev–Trinajstić information content (AvgIpc) is 3.08. The molecular formula is C32H58N10O11. The maximum Gasteiger partial charge on any atom is 0.322 e. The van der Waals surface area contributed by atoms with Gasteiger partial charge in [-0.1, -0.05) is 27.7 Å². The Labute approximate surface area is 310 Å². The van der Waals surface area contributed by atoms with Gasteiger partial charge < -0.3 is 55.8 Å². The lowest BCUT2D eigenvalue weighted by molar-refractivity contribution is -0.142. The SMILES string of the molecule is CC.CC(C)CNCC(=O)N(C)CC(=O)N(C)CC(=O)NCC(=O)N(C)CC(=O)N(C)CC(=O)NCC(=O)N(C)CC(=O)N(C)CC(=O)NCC(=O)O. The summed E-state index contributed by atoms with van der Waals surface area (Å²) in [5.74, 6) is -6.23. The Kier molecular flexibility index (Phi) is 24.8. The number of carboxylic acids is 1. The van der Waals surface area contributed by atoms with Crippen LogP contribution in [0.3, 0.4) is 0 Å². The fourth-order valence-corrected chi connectivity index (χ4v) is 3.71. The van der Waals surface area contributed by atoms with Gasteiger partial charge in [0, 0.05) is 42.3 Å². The van der Waals surface area contributed by atoms with Crippen molar-refractivity contribution in [3.05, 3.63) is 0 Å². The minimum atomic E-state index is -1.25. The maximum absolute atomic E-state index is 12.6. The number of likely N-dealkylation sites (N-methyl/N-ethyl adjacent to an activating group) is 6. The molecule has 0 saturated carbocycles. The molecule has 0 aromatic heterocycles. The zero-order valence-electron chi connectivity index (χ0n) is 32.6. The van der Waals surface area contributed by atoms with Crippen LogP contribution in [0.25, 0.3) is 0 Å². The summed E-state index contributed by atoms with van der Waals surface area (Å²) in [5.41, 5.74) is 0. The van der Waals surface area contributed by atoms with Gasteiger partial charge in [0.15, 0.2) is 0 Å². The lowest BCUT2D eigenvalue weighted by Crippen LogP contribution is -2.49. The quantitative estimate of drug-likeness (QED) is 0.0700. The van der Waals surface area contributed by atoms with E-state index in [9.17, 15) is 47.9 Å². The molecule has 53 heavy (non-hydrogen) atoms. The van der Waals surface area contributed by atoms with Gasteiger partial charge in [-0.3, -0.25) is 47.9 Å². The zero-order valence-corrected chi connectivity index (χ0v) is 32.6. The average molecular weight is 759 g/mol. The van der Waals surface area contributed by atoms with Gasteiger partial charge in [-0.25, -0.2) is 0 Å². The summed E-state index contributed by atoms with van der Waals surface area (Å²) < 4.78 is 0. The van der Waals surface area contributed by atoms with E-state index in [0.717, 1.165) is 24.5 Å². The first kappa shape index (κ1) is 49.8. The van der Waals surface area contributed by atoms with Crippen LogP contribution in [0.4, 0.5) is 0 Å². The van der Waals surface area contributed by atoms with Crippen molar-refractivity contribution in [2.75, 3.05) is 114 Å². The molecule has 0 aromatic rings. The van der Waals surface area contributed by atoms with E-state index in [1.165, 1.54) is 47.2 Å². The minimum absolute atomic E-state index is 0.0713. The monoisotopic (exact) mass is 758 g/mol. The molecule has 9 amide bonds. The van der Waals surface area contributed by atoms with Crippen LogP contribution in [0.5, 0.6) is 0 Å². The molecule has 0 heterocycles. The highest BCUT2D eigenvalue weighted by Gasteiger charge is 2.22. The van der Waals surface area contributed by atoms with Crippen molar-refractivity contribution in [3.8, 4) is 0 Å². The van der Waals surface area contributed by atoms with E-state index >= 15 is 0 Å². The molecule has 0 fully saturated rings. The van der Waals surface area contributed by atoms with E-state index in [1.807, 2.05) is 27.7 Å². The predicted octanol–water partition coefficient (Wildman–Crippen LogP) is -4.56. The van der Waals surface area contributed by atoms with Crippen molar-refractivity contribution in [1.82, 2.24) is 50.7 Å². The highest BCUT2D eigenvalue weighted by molar-refractivity contribution is 5.93. The molecule has 0 atom stereocenters. The number of nitrogens with zero attached hydrogens (tertiary/aromatic N) is 6. The van der Waals surface area contributed by atoms with E-state index in [1.54, 1.807) is 0 Å². The number of hydrogen-bond donors (Lipinski definition) is 5. The molecule has 0 spiro atoms. The van der Waals surface area contributed by atoms with E-state index in [2.05, 4.69) is 21.3 Å². The van der Waals surface area contributed by atoms with E-state index in [4.69, 9.17) is 5.11 Å². The number of hydrogen-bond acceptors (Lipinski definition) is 11. The lowest BCUT2D eigenvalue weighted by Gasteiger charge is -2.23. The van der Waals surface area contributed by atoms with Crippen LogP contribution in [0.15, 0.2) is 0 Å². The fourth-order valence-electron chi connectivity index (χ4n) is 3.71. The van der Waals surface area contributed by atoms with Crippen LogP contribution in [0.2, 0.25) is 0 Å². The molecule has 0 radical (unpaired) electrons. The predicted molar refractivity (Wildman–Crippen MR) is 192 cm³/mol. The second-order valence-electron chi connectivity index (χ2n) is 12.2. The number of amides is 9. The summed E-state index contributed by atoms with van der Waals surface area (Å²) in [7, 11) is 8.06. The van der Waals surface area contributed by atoms with Gasteiger partial charge in [0.25, 0.3) is 0 Å². The van der Waals surface area contributed by atoms with Crippen molar-refractivity contribution >= 4 is 59.1 Å². The Bertz CT molecular complexity index is 1290. The molecule has 21 heteroatoms. The van der Waals surface area contributed by atoms with Gasteiger partial charge in [0.2, 0.25) is 53.2 Å². The molecular weight excluding hydrogens is 700 g/mol. The van der Waals surface area contributed by atoms with Gasteiger partial charge in [-0.2, -0.15) is 0 Å². The fraction of sp³-hybridized carbons (Fsp3) is 0.688. The third kappa shape index (κ3) is 23.0. The zero-order chi connectivity index (χ0) is 41.4. The third-order valence-corrected chi connectivity index (χ3v) is 6.95. The molecule has 0 rings (SSSR count). The van der Waals surface area contributed by atoms with Crippen molar-refractivity contribution in [2.45, 2.75) is 27.7 Å². The molecule has 0 bridgehead atoms. The van der Waals surface area contributed by atoms with Crippen LogP contribution >= 0.6 is 0 Å². The maximum atomic E-state index is 12.6. The number of aliphatic carboxylic acids is 1. The third-order valence-electron chi connectivity index (χ3n) is 6.95. The van der Waals surface area contributed by atoms with Crippen LogP contribution < -0.4 is 21.3 Å². The Morgan fingerprint density at radius 2 is 0.698 bits per heavy atom. The molecule has 21 nitrogen and oxygen atoms in total. The highest BCUT2D eigenvalue weighted by Crippen LogP contribution is 1.95.